The summed E-state index contributed by atoms with van der Waals surface area (Å²) in [5.74, 6) is -0.493. The van der Waals surface area contributed by atoms with Crippen LogP contribution in [-0.2, 0) is 42.7 Å². The number of hydrogen-bond donors (Lipinski definition) is 4. The third-order valence-corrected chi connectivity index (χ3v) is 3.46. The average Bonchev–Trinajstić information content (AvgIpc) is 2.71. The number of hydrogen-bond acceptors (Lipinski definition) is 8. The van der Waals surface area contributed by atoms with E-state index in [0.29, 0.717) is 13.2 Å². The summed E-state index contributed by atoms with van der Waals surface area (Å²) in [6, 6.07) is 18.9. The van der Waals surface area contributed by atoms with Gasteiger partial charge in [-0.05, 0) is 25.0 Å². The summed E-state index contributed by atoms with van der Waals surface area (Å²) in [5.41, 5.74) is 12.9. The summed E-state index contributed by atoms with van der Waals surface area (Å²) < 4.78 is 41.6. The molecule has 0 spiro atoms. The Kier molecular flexibility index (Phi) is 15.3. The van der Waals surface area contributed by atoms with E-state index in [0.717, 1.165) is 11.1 Å². The van der Waals surface area contributed by atoms with Gasteiger partial charge in [-0.3, -0.25) is 18.7 Å². The van der Waals surface area contributed by atoms with Crippen molar-refractivity contribution in [1.82, 2.24) is 0 Å². The molecule has 33 heavy (non-hydrogen) atoms. The number of carbonyl (C=O) groups is 2. The summed E-state index contributed by atoms with van der Waals surface area (Å²) in [6.07, 6.45) is 0.541. The molecular weight excluding hydrogens is 452 g/mol. The Bertz CT molecular complexity index is 835. The topological polar surface area (TPSA) is 179 Å². The van der Waals surface area contributed by atoms with Gasteiger partial charge in [-0.15, -0.1) is 0 Å². The Hall–Kier alpha value is -2.83. The Balaban J connectivity index is 0.000000517. The smallest absolute Gasteiger partial charge is 0.394 e. The van der Waals surface area contributed by atoms with Crippen molar-refractivity contribution in [3.8, 4) is 0 Å². The molecule has 10 nitrogen and oxygen atoms in total. The standard InChI is InChI=1S/2C11H15NO2.H2O4S/c2*1-9(12)7-11(13)14-8-10-5-3-2-4-6-10;1-5(2,3)4/h2*2-6,9H,7-8,12H2,1H3;(H2,1,2,3,4)/t2*9-;/m00./s1. The SMILES string of the molecule is C[C@H](N)CC(=O)OCc1ccccc1.C[C@H](N)CC(=O)OCc1ccccc1.O=S(=O)(O)O. The highest BCUT2D eigenvalue weighted by molar-refractivity contribution is 7.79. The minimum Gasteiger partial charge on any atom is -0.461 e. The summed E-state index contributed by atoms with van der Waals surface area (Å²) in [5, 5.41) is 0. The number of rotatable bonds is 8. The van der Waals surface area contributed by atoms with E-state index in [1.165, 1.54) is 0 Å². The average molecular weight is 485 g/mol. The maximum atomic E-state index is 11.1. The van der Waals surface area contributed by atoms with Crippen LogP contribution >= 0.6 is 0 Å². The van der Waals surface area contributed by atoms with Crippen LogP contribution in [0, 0.1) is 0 Å². The molecule has 0 aromatic heterocycles. The second kappa shape index (κ2) is 16.8. The first-order chi connectivity index (χ1) is 15.4. The van der Waals surface area contributed by atoms with Crippen LogP contribution in [-0.4, -0.2) is 41.5 Å². The molecule has 0 heterocycles. The van der Waals surface area contributed by atoms with E-state index in [4.69, 9.17) is 38.5 Å². The molecule has 2 atom stereocenters. The second-order valence-electron chi connectivity index (χ2n) is 7.10. The first-order valence-corrected chi connectivity index (χ1v) is 11.4. The highest BCUT2D eigenvalue weighted by Crippen LogP contribution is 2.03. The lowest BCUT2D eigenvalue weighted by Gasteiger charge is -2.06. The molecule has 0 bridgehead atoms. The minimum atomic E-state index is -4.67. The van der Waals surface area contributed by atoms with Gasteiger partial charge >= 0.3 is 22.3 Å². The zero-order valence-electron chi connectivity index (χ0n) is 18.7. The van der Waals surface area contributed by atoms with Gasteiger partial charge in [-0.25, -0.2) is 0 Å². The van der Waals surface area contributed by atoms with E-state index in [9.17, 15) is 9.59 Å². The predicted molar refractivity (Wildman–Crippen MR) is 123 cm³/mol. The van der Waals surface area contributed by atoms with E-state index in [1.54, 1.807) is 13.8 Å². The summed E-state index contributed by atoms with van der Waals surface area (Å²) in [6.45, 7) is 4.21. The van der Waals surface area contributed by atoms with Crippen LogP contribution in [0.4, 0.5) is 0 Å². The molecule has 2 rings (SSSR count). The number of nitrogens with two attached hydrogens (primary N) is 2. The van der Waals surface area contributed by atoms with Gasteiger partial charge in [0.05, 0.1) is 12.8 Å². The molecule has 2 aromatic carbocycles. The van der Waals surface area contributed by atoms with Crippen molar-refractivity contribution in [2.45, 2.75) is 52.0 Å². The second-order valence-corrected chi connectivity index (χ2v) is 8.00. The van der Waals surface area contributed by atoms with Crippen LogP contribution in [0.2, 0.25) is 0 Å². The van der Waals surface area contributed by atoms with Gasteiger partial charge in [0.1, 0.15) is 13.2 Å². The number of benzene rings is 2. The molecule has 6 N–H and O–H groups in total. The summed E-state index contributed by atoms with van der Waals surface area (Å²) in [4.78, 5) is 22.2. The first-order valence-electron chi connectivity index (χ1n) is 9.97. The van der Waals surface area contributed by atoms with Gasteiger partial charge < -0.3 is 20.9 Å². The van der Waals surface area contributed by atoms with Gasteiger partial charge in [0.2, 0.25) is 0 Å². The molecule has 0 unspecified atom stereocenters. The highest BCUT2D eigenvalue weighted by atomic mass is 32.3. The van der Waals surface area contributed by atoms with Crippen molar-refractivity contribution >= 4 is 22.3 Å². The predicted octanol–water partition coefficient (Wildman–Crippen LogP) is 2.28. The lowest BCUT2D eigenvalue weighted by molar-refractivity contribution is -0.146. The van der Waals surface area contributed by atoms with E-state index >= 15 is 0 Å². The monoisotopic (exact) mass is 484 g/mol. The van der Waals surface area contributed by atoms with Crippen molar-refractivity contribution in [1.29, 1.82) is 0 Å². The van der Waals surface area contributed by atoms with Crippen molar-refractivity contribution in [2.75, 3.05) is 0 Å². The molecule has 0 amide bonds. The van der Waals surface area contributed by atoms with Crippen LogP contribution in [0.5, 0.6) is 0 Å². The lowest BCUT2D eigenvalue weighted by atomic mass is 10.2. The quantitative estimate of drug-likeness (QED) is 0.321. The van der Waals surface area contributed by atoms with E-state index in [2.05, 4.69) is 0 Å². The summed E-state index contributed by atoms with van der Waals surface area (Å²) in [7, 11) is -4.67. The van der Waals surface area contributed by atoms with Crippen molar-refractivity contribution in [2.24, 2.45) is 11.5 Å². The van der Waals surface area contributed by atoms with E-state index in [1.807, 2.05) is 60.7 Å². The Labute approximate surface area is 194 Å². The Morgan fingerprint density at radius 1 is 0.758 bits per heavy atom. The van der Waals surface area contributed by atoms with Crippen LogP contribution in [0.15, 0.2) is 60.7 Å². The van der Waals surface area contributed by atoms with Gasteiger partial charge in [0.25, 0.3) is 0 Å². The number of esters is 2. The van der Waals surface area contributed by atoms with Crippen LogP contribution < -0.4 is 11.5 Å². The zero-order chi connectivity index (χ0) is 25.3. The molecule has 0 radical (unpaired) electrons. The fourth-order valence-electron chi connectivity index (χ4n) is 2.12. The molecule has 0 saturated heterocycles. The molecule has 0 aliphatic heterocycles. The molecular formula is C22H32N2O8S. The van der Waals surface area contributed by atoms with Crippen molar-refractivity contribution in [3.63, 3.8) is 0 Å². The Morgan fingerprint density at radius 3 is 1.27 bits per heavy atom. The van der Waals surface area contributed by atoms with E-state index in [-0.39, 0.29) is 36.9 Å². The molecule has 184 valence electrons. The molecule has 0 aliphatic carbocycles. The van der Waals surface area contributed by atoms with Gasteiger partial charge in [0.15, 0.2) is 0 Å². The molecule has 0 aliphatic rings. The molecule has 0 saturated carbocycles. The van der Waals surface area contributed by atoms with E-state index < -0.39 is 10.4 Å². The molecule has 2 aromatic rings. The first kappa shape index (κ1) is 30.2. The minimum absolute atomic E-state index is 0.140. The van der Waals surface area contributed by atoms with Crippen molar-refractivity contribution in [3.05, 3.63) is 71.8 Å². The normalized spacial score (nSPS) is 12.1. The number of ether oxygens (including phenoxy) is 2. The third-order valence-electron chi connectivity index (χ3n) is 3.46. The van der Waals surface area contributed by atoms with Crippen LogP contribution in [0.25, 0.3) is 0 Å². The number of carbonyl (C=O) groups excluding carboxylic acids is 2. The van der Waals surface area contributed by atoms with Crippen LogP contribution in [0.1, 0.15) is 37.8 Å². The largest absolute Gasteiger partial charge is 0.461 e. The third kappa shape index (κ3) is 22.2. The van der Waals surface area contributed by atoms with Crippen LogP contribution in [0.3, 0.4) is 0 Å². The lowest BCUT2D eigenvalue weighted by Crippen LogP contribution is -2.20. The fourth-order valence-corrected chi connectivity index (χ4v) is 2.12. The highest BCUT2D eigenvalue weighted by Gasteiger charge is 2.06. The Morgan fingerprint density at radius 2 is 1.03 bits per heavy atom. The maximum absolute atomic E-state index is 11.1. The molecule has 0 fully saturated rings. The van der Waals surface area contributed by atoms with Crippen molar-refractivity contribution < 1.29 is 36.6 Å². The molecule has 11 heteroatoms. The maximum Gasteiger partial charge on any atom is 0.394 e. The fraction of sp³-hybridized carbons (Fsp3) is 0.364. The zero-order valence-corrected chi connectivity index (χ0v) is 19.5. The van der Waals surface area contributed by atoms with Gasteiger partial charge in [-0.1, -0.05) is 60.7 Å². The van der Waals surface area contributed by atoms with Gasteiger partial charge in [0, 0.05) is 12.1 Å². The van der Waals surface area contributed by atoms with Gasteiger partial charge in [-0.2, -0.15) is 8.42 Å². The summed E-state index contributed by atoms with van der Waals surface area (Å²) >= 11 is 0.